The van der Waals surface area contributed by atoms with Gasteiger partial charge in [-0.1, -0.05) is 31.4 Å². The van der Waals surface area contributed by atoms with Crippen molar-refractivity contribution in [2.75, 3.05) is 24.7 Å². The van der Waals surface area contributed by atoms with Crippen LogP contribution in [0.25, 0.3) is 0 Å². The number of hydrogen-bond donors (Lipinski definition) is 0. The second-order valence-corrected chi connectivity index (χ2v) is 13.1. The molecule has 0 heterocycles. The molecule has 3 rings (SSSR count). The first-order chi connectivity index (χ1) is 18.4. The number of ether oxygens (including phenoxy) is 2. The fraction of sp³-hybridized carbons (Fsp3) is 0.143. The first-order valence-corrected chi connectivity index (χ1v) is 16.1. The lowest BCUT2D eigenvalue weighted by Crippen LogP contribution is -2.14. The Hall–Kier alpha value is -2.97. The molecule has 0 amide bonds. The van der Waals surface area contributed by atoms with Crippen LogP contribution in [0.1, 0.15) is 0 Å². The third-order valence-corrected chi connectivity index (χ3v) is 9.56. The minimum absolute atomic E-state index is 0.302. The van der Waals surface area contributed by atoms with Gasteiger partial charge >= 0.3 is 18.4 Å². The summed E-state index contributed by atoms with van der Waals surface area (Å²) in [6, 6.07) is 24.7. The predicted molar refractivity (Wildman–Crippen MR) is 158 cm³/mol. The first-order valence-electron chi connectivity index (χ1n) is 11.5. The lowest BCUT2D eigenvalue weighted by molar-refractivity contribution is -0.138. The molecular formula is C28H27O6PS3. The Labute approximate surface area is 236 Å². The van der Waals surface area contributed by atoms with Gasteiger partial charge in [0.1, 0.15) is 24.7 Å². The molecule has 0 radical (unpaired) electrons. The van der Waals surface area contributed by atoms with E-state index in [9.17, 15) is 9.59 Å². The van der Waals surface area contributed by atoms with Crippen LogP contribution in [0, 0.1) is 0 Å². The molecule has 3 aromatic carbocycles. The van der Waals surface area contributed by atoms with Gasteiger partial charge in [0.15, 0.2) is 0 Å². The highest BCUT2D eigenvalue weighted by atomic mass is 32.5. The van der Waals surface area contributed by atoms with Gasteiger partial charge in [0.25, 0.3) is 0 Å². The van der Waals surface area contributed by atoms with Crippen LogP contribution >= 0.6 is 30.0 Å². The summed E-state index contributed by atoms with van der Waals surface area (Å²) in [4.78, 5) is 24.3. The van der Waals surface area contributed by atoms with Crippen LogP contribution in [0.4, 0.5) is 0 Å². The number of benzene rings is 3. The maximum Gasteiger partial charge on any atom is 0.330 e. The van der Waals surface area contributed by atoms with E-state index in [1.54, 1.807) is 23.5 Å². The predicted octanol–water partition coefficient (Wildman–Crippen LogP) is 6.42. The summed E-state index contributed by atoms with van der Waals surface area (Å²) in [6.45, 7) is 4.42. The van der Waals surface area contributed by atoms with Crippen molar-refractivity contribution in [2.24, 2.45) is 0 Å². The molecule has 3 aromatic rings. The van der Waals surface area contributed by atoms with Crippen molar-refractivity contribution in [3.05, 3.63) is 104 Å². The topological polar surface area (TPSA) is 71.1 Å². The zero-order chi connectivity index (χ0) is 27.2. The molecular weight excluding hydrogens is 559 g/mol. The van der Waals surface area contributed by atoms with Gasteiger partial charge in [-0.05, 0) is 72.5 Å². The van der Waals surface area contributed by atoms with Crippen molar-refractivity contribution < 1.29 is 28.1 Å². The monoisotopic (exact) mass is 586 g/mol. The number of thioether (sulfide) groups is 2. The van der Waals surface area contributed by atoms with Crippen LogP contribution in [0.3, 0.4) is 0 Å². The lowest BCUT2D eigenvalue weighted by Gasteiger charge is -2.24. The average Bonchev–Trinajstić information content (AvgIpc) is 2.95. The van der Waals surface area contributed by atoms with Gasteiger partial charge in [-0.3, -0.25) is 0 Å². The summed E-state index contributed by atoms with van der Waals surface area (Å²) in [5, 5.41) is 0.792. The van der Waals surface area contributed by atoms with Crippen LogP contribution in [0.15, 0.2) is 114 Å². The molecule has 38 heavy (non-hydrogen) atoms. The van der Waals surface area contributed by atoms with Gasteiger partial charge in [0, 0.05) is 33.4 Å². The van der Waals surface area contributed by atoms with E-state index >= 15 is 0 Å². The van der Waals surface area contributed by atoms with Crippen LogP contribution in [0.5, 0.6) is 11.5 Å². The minimum atomic E-state index is -2.94. The Morgan fingerprint density at radius 1 is 0.711 bits per heavy atom. The van der Waals surface area contributed by atoms with Gasteiger partial charge in [0.2, 0.25) is 0 Å². The Morgan fingerprint density at radius 2 is 1.13 bits per heavy atom. The van der Waals surface area contributed by atoms with E-state index in [4.69, 9.17) is 30.3 Å². The summed E-state index contributed by atoms with van der Waals surface area (Å²) in [5.41, 5.74) is 0. The van der Waals surface area contributed by atoms with Crippen LogP contribution < -0.4 is 14.4 Å². The summed E-state index contributed by atoms with van der Waals surface area (Å²) in [6.07, 6.45) is 2.30. The van der Waals surface area contributed by atoms with E-state index in [1.165, 1.54) is 0 Å². The summed E-state index contributed by atoms with van der Waals surface area (Å²) in [5.74, 6) is 1.58. The fourth-order valence-electron chi connectivity index (χ4n) is 2.93. The Bertz CT molecular complexity index is 1190. The highest BCUT2D eigenvalue weighted by molar-refractivity contribution is 8.13. The summed E-state index contributed by atoms with van der Waals surface area (Å²) in [7, 11) is 0. The lowest BCUT2D eigenvalue weighted by atomic mass is 10.3. The number of carbonyl (C=O) groups is 2. The van der Waals surface area contributed by atoms with Gasteiger partial charge in [-0.2, -0.15) is 0 Å². The third kappa shape index (κ3) is 9.72. The number of esters is 2. The van der Waals surface area contributed by atoms with E-state index in [1.807, 2.05) is 78.9 Å². The molecule has 0 saturated heterocycles. The Kier molecular flexibility index (Phi) is 12.0. The number of hydrogen-bond acceptors (Lipinski definition) is 9. The van der Waals surface area contributed by atoms with Crippen molar-refractivity contribution in [2.45, 2.75) is 9.79 Å². The number of rotatable bonds is 15. The molecule has 6 nitrogen and oxygen atoms in total. The van der Waals surface area contributed by atoms with Crippen molar-refractivity contribution in [3.8, 4) is 11.5 Å². The second kappa shape index (κ2) is 15.4. The van der Waals surface area contributed by atoms with Crippen LogP contribution in [0.2, 0.25) is 0 Å². The maximum absolute atomic E-state index is 11.1. The maximum atomic E-state index is 11.1. The summed E-state index contributed by atoms with van der Waals surface area (Å²) < 4.78 is 22.6. The molecule has 0 aliphatic carbocycles. The van der Waals surface area contributed by atoms with Gasteiger partial charge in [-0.25, -0.2) is 9.59 Å². The first kappa shape index (κ1) is 29.6. The Balaban J connectivity index is 1.64. The van der Waals surface area contributed by atoms with E-state index in [2.05, 4.69) is 13.2 Å². The molecule has 10 heteroatoms. The van der Waals surface area contributed by atoms with Crippen molar-refractivity contribution in [3.63, 3.8) is 0 Å². The molecule has 0 saturated carbocycles. The van der Waals surface area contributed by atoms with Crippen molar-refractivity contribution >= 4 is 59.1 Å². The van der Waals surface area contributed by atoms with E-state index in [0.717, 1.165) is 27.2 Å². The number of carbonyl (C=O) groups excluding carboxylic acids is 2. The quantitative estimate of drug-likeness (QED) is 0.0659. The normalized spacial score (nSPS) is 10.7. The molecule has 0 atom stereocenters. The van der Waals surface area contributed by atoms with E-state index < -0.39 is 18.4 Å². The van der Waals surface area contributed by atoms with Gasteiger partial charge < -0.3 is 18.5 Å². The van der Waals surface area contributed by atoms with Gasteiger partial charge in [0.05, 0.1) is 5.30 Å². The molecule has 0 bridgehead atoms. The largest absolute Gasteiger partial charge is 0.462 e. The molecule has 198 valence electrons. The highest BCUT2D eigenvalue weighted by Gasteiger charge is 2.25. The standard InChI is InChI=1S/C28H27O6PS3/c1-3-27(29)31-18-20-37-25-14-10-22(11-15-25)33-35(36,24-8-6-5-7-9-24)34-23-12-16-26(17-13-23)38-21-19-32-28(30)4-2/h3-17H,1-2,18-21H2. The highest BCUT2D eigenvalue weighted by Crippen LogP contribution is 2.48. The average molecular weight is 587 g/mol. The van der Waals surface area contributed by atoms with Crippen molar-refractivity contribution in [1.82, 2.24) is 0 Å². The van der Waals surface area contributed by atoms with E-state index in [-0.39, 0.29) is 0 Å². The third-order valence-electron chi connectivity index (χ3n) is 4.70. The van der Waals surface area contributed by atoms with Crippen molar-refractivity contribution in [1.29, 1.82) is 0 Å². The zero-order valence-corrected chi connectivity index (χ0v) is 23.9. The molecule has 0 fully saturated rings. The SMILES string of the molecule is C=CC(=O)OCCSc1ccc(OP(=S)(Oc2ccc(SCCOC(=O)C=C)cc2)c2ccccc2)cc1. The summed E-state index contributed by atoms with van der Waals surface area (Å²) >= 11 is 9.11. The molecule has 0 aliphatic heterocycles. The molecule has 0 unspecified atom stereocenters. The molecule has 0 N–H and O–H groups in total. The van der Waals surface area contributed by atoms with Crippen LogP contribution in [-0.2, 0) is 30.9 Å². The molecule has 0 spiro atoms. The fourth-order valence-corrected chi connectivity index (χ4v) is 6.85. The smallest absolute Gasteiger partial charge is 0.330 e. The molecule has 0 aromatic heterocycles. The Morgan fingerprint density at radius 3 is 1.53 bits per heavy atom. The van der Waals surface area contributed by atoms with Crippen LogP contribution in [-0.4, -0.2) is 36.7 Å². The van der Waals surface area contributed by atoms with E-state index in [0.29, 0.717) is 36.2 Å². The molecule has 0 aliphatic rings. The zero-order valence-electron chi connectivity index (χ0n) is 20.5. The minimum Gasteiger partial charge on any atom is -0.462 e. The second-order valence-electron chi connectivity index (χ2n) is 7.40. The van der Waals surface area contributed by atoms with Gasteiger partial charge in [-0.15, -0.1) is 23.5 Å².